The highest BCUT2D eigenvalue weighted by atomic mass is 16.6. The third-order valence-corrected chi connectivity index (χ3v) is 21.9. The van der Waals surface area contributed by atoms with Crippen LogP contribution in [0.15, 0.2) is 188 Å². The lowest BCUT2D eigenvalue weighted by Crippen LogP contribution is -2.12. The third kappa shape index (κ3) is 35.4. The molecule has 0 spiro atoms. The summed E-state index contributed by atoms with van der Waals surface area (Å²) in [5, 5.41) is 0. The predicted octanol–water partition coefficient (Wildman–Crippen LogP) is 30.1. The molecule has 9 rings (SSSR count). The number of ether oxygens (including phenoxy) is 10. The summed E-state index contributed by atoms with van der Waals surface area (Å²) >= 11 is 0. The van der Waals surface area contributed by atoms with E-state index < -0.39 is 23.9 Å². The van der Waals surface area contributed by atoms with E-state index in [2.05, 4.69) is 41.5 Å². The van der Waals surface area contributed by atoms with Gasteiger partial charge in [0.1, 0.15) is 23.0 Å². The first kappa shape index (κ1) is 96.9. The standard InChI is InChI=1S/C109H137NO14/c1-7-13-19-25-31-37-74-115-100-80-92(81-101(116-75-38-32-26-20-14-8-2)104(100)119-78-41-35-29-23-17-11-5)108(113)123-98-70-60-88(61-71-98)86-56-66-96(67-57-86)121-106(111)90-52-46-84(47-53-90)50-64-94-44-43-45-95(110-94)65-51-85-48-54-91(55-49-85)107(112)122-97-68-58-87(59-69-97)89-62-72-99(73-63-89)124-109(114)93-82-102(117-76-39-33-27-21-15-9-3)105(120-79-42-36-30-24-18-12-6)103(83-93)118-77-40-34-28-22-16-10-4/h43-73,80-83H,7-42,74-79H2,1-6H3/b64-50+,65-51+. The largest absolute Gasteiger partial charge is 0.490 e. The van der Waals surface area contributed by atoms with Crippen molar-refractivity contribution in [2.24, 2.45) is 0 Å². The molecule has 8 aromatic carbocycles. The van der Waals surface area contributed by atoms with Crippen molar-refractivity contribution in [1.82, 2.24) is 4.98 Å². The van der Waals surface area contributed by atoms with E-state index in [1.54, 1.807) is 97.1 Å². The molecule has 0 fully saturated rings. The number of carbonyl (C=O) groups excluding carboxylic acids is 4. The molecule has 1 heterocycles. The quantitative estimate of drug-likeness (QED) is 0.0200. The molecule has 124 heavy (non-hydrogen) atoms. The highest BCUT2D eigenvalue weighted by Gasteiger charge is 2.24. The van der Waals surface area contributed by atoms with E-state index in [4.69, 9.17) is 52.4 Å². The molecular weight excluding hydrogens is 1550 g/mol. The molecule has 0 unspecified atom stereocenters. The smallest absolute Gasteiger partial charge is 0.343 e. The predicted molar refractivity (Wildman–Crippen MR) is 505 cm³/mol. The molecule has 15 heteroatoms. The van der Waals surface area contributed by atoms with Gasteiger partial charge >= 0.3 is 23.9 Å². The molecule has 0 aliphatic carbocycles. The van der Waals surface area contributed by atoms with E-state index in [1.165, 1.54) is 128 Å². The van der Waals surface area contributed by atoms with Gasteiger partial charge in [-0.15, -0.1) is 0 Å². The lowest BCUT2D eigenvalue weighted by atomic mass is 10.1. The van der Waals surface area contributed by atoms with Gasteiger partial charge in [0.05, 0.1) is 73.3 Å². The van der Waals surface area contributed by atoms with Crippen molar-refractivity contribution in [3.63, 3.8) is 0 Å². The SMILES string of the molecule is CCCCCCCCOc1cc(C(=O)Oc2ccc(-c3ccc(OC(=O)c4ccc(/C=C/c5cccc(/C=C/c6ccc(C(=O)Oc7ccc(-c8ccc(OC(=O)c9cc(OCCCCCCCC)c(OCCCCCCCC)c(OCCCCCCCC)c9)cc8)cc7)cc6)n5)cc4)cc3)cc2)cc(OCCCCCCCC)c1OCCCCCCCC. The van der Waals surface area contributed by atoms with Gasteiger partial charge in [0, 0.05) is 0 Å². The van der Waals surface area contributed by atoms with E-state index in [9.17, 15) is 19.2 Å². The van der Waals surface area contributed by atoms with Crippen molar-refractivity contribution >= 4 is 48.2 Å². The van der Waals surface area contributed by atoms with Crippen molar-refractivity contribution in [3.05, 3.63) is 233 Å². The Morgan fingerprint density at radius 3 is 0.694 bits per heavy atom. The Morgan fingerprint density at radius 1 is 0.234 bits per heavy atom. The first-order chi connectivity index (χ1) is 60.9. The number of rotatable bonds is 62. The van der Waals surface area contributed by atoms with E-state index in [-0.39, 0.29) is 0 Å². The molecule has 0 atom stereocenters. The van der Waals surface area contributed by atoms with Crippen molar-refractivity contribution in [3.8, 4) is 79.7 Å². The van der Waals surface area contributed by atoms with Crippen LogP contribution in [0.25, 0.3) is 46.6 Å². The molecule has 1 aromatic heterocycles. The van der Waals surface area contributed by atoms with Crippen molar-refractivity contribution in [1.29, 1.82) is 0 Å². The minimum Gasteiger partial charge on any atom is -0.490 e. The number of pyridine rings is 1. The fourth-order valence-electron chi connectivity index (χ4n) is 14.5. The Hall–Kier alpha value is -10.9. The fraction of sp³-hybridized carbons (Fsp3) is 0.440. The van der Waals surface area contributed by atoms with E-state index in [1.807, 2.05) is 115 Å². The van der Waals surface area contributed by atoms with Crippen molar-refractivity contribution in [2.75, 3.05) is 39.6 Å². The maximum Gasteiger partial charge on any atom is 0.343 e. The monoisotopic (exact) mass is 1680 g/mol. The summed E-state index contributed by atoms with van der Waals surface area (Å²) in [6, 6.07) is 56.3. The molecule has 0 saturated heterocycles. The number of carbonyl (C=O) groups is 4. The van der Waals surface area contributed by atoms with Crippen molar-refractivity contribution in [2.45, 2.75) is 273 Å². The van der Waals surface area contributed by atoms with Crippen LogP contribution in [0.4, 0.5) is 0 Å². The fourth-order valence-corrected chi connectivity index (χ4v) is 14.5. The number of hydrogen-bond acceptors (Lipinski definition) is 15. The summed E-state index contributed by atoms with van der Waals surface area (Å²) in [6.07, 6.45) is 48.5. The second-order valence-corrected chi connectivity index (χ2v) is 32.4. The van der Waals surface area contributed by atoms with Crippen LogP contribution >= 0.6 is 0 Å². The normalized spacial score (nSPS) is 11.3. The molecular formula is C109H137NO14. The Bertz CT molecular complexity index is 4240. The second-order valence-electron chi connectivity index (χ2n) is 32.4. The van der Waals surface area contributed by atoms with Gasteiger partial charge < -0.3 is 47.4 Å². The van der Waals surface area contributed by atoms with Crippen LogP contribution in [0.3, 0.4) is 0 Å². The Labute approximate surface area is 740 Å². The number of hydrogen-bond donors (Lipinski definition) is 0. The maximum absolute atomic E-state index is 14.0. The van der Waals surface area contributed by atoms with Crippen LogP contribution in [0, 0.1) is 0 Å². The summed E-state index contributed by atoms with van der Waals surface area (Å²) in [4.78, 5) is 59.7. The molecule has 0 N–H and O–H groups in total. The van der Waals surface area contributed by atoms with Gasteiger partial charge in [-0.05, 0) is 193 Å². The highest BCUT2D eigenvalue weighted by Crippen LogP contribution is 2.43. The van der Waals surface area contributed by atoms with E-state index in [0.29, 0.717) is 119 Å². The van der Waals surface area contributed by atoms with Gasteiger partial charge in [-0.2, -0.15) is 0 Å². The average Bonchev–Trinajstić information content (AvgIpc) is 0.805. The lowest BCUT2D eigenvalue weighted by Gasteiger charge is -2.19. The molecule has 0 aliphatic heterocycles. The summed E-state index contributed by atoms with van der Waals surface area (Å²) in [6.45, 7) is 16.4. The first-order valence-electron chi connectivity index (χ1n) is 46.9. The molecule has 0 bridgehead atoms. The summed E-state index contributed by atoms with van der Waals surface area (Å²) < 4.78 is 62.4. The third-order valence-electron chi connectivity index (χ3n) is 21.9. The van der Waals surface area contributed by atoms with Gasteiger partial charge in [0.25, 0.3) is 0 Å². The zero-order valence-corrected chi connectivity index (χ0v) is 75.1. The second kappa shape index (κ2) is 57.5. The van der Waals surface area contributed by atoms with Gasteiger partial charge in [0.15, 0.2) is 23.0 Å². The number of esters is 4. The molecule has 0 amide bonds. The molecule has 9 aromatic rings. The van der Waals surface area contributed by atoms with E-state index in [0.717, 1.165) is 148 Å². The number of benzene rings is 8. The Balaban J connectivity index is 0.734. The number of unbranched alkanes of at least 4 members (excludes halogenated alkanes) is 30. The lowest BCUT2D eigenvalue weighted by molar-refractivity contribution is 0.0724. The van der Waals surface area contributed by atoms with Crippen LogP contribution in [0.2, 0.25) is 0 Å². The van der Waals surface area contributed by atoms with Crippen LogP contribution < -0.4 is 47.4 Å². The van der Waals surface area contributed by atoms with Gasteiger partial charge in [-0.1, -0.05) is 325 Å². The first-order valence-corrected chi connectivity index (χ1v) is 46.9. The van der Waals surface area contributed by atoms with Gasteiger partial charge in [0.2, 0.25) is 11.5 Å². The number of nitrogens with zero attached hydrogens (tertiary/aromatic N) is 1. The summed E-state index contributed by atoms with van der Waals surface area (Å²) in [5.41, 5.74) is 8.24. The average molecular weight is 1690 g/mol. The van der Waals surface area contributed by atoms with E-state index >= 15 is 0 Å². The summed E-state index contributed by atoms with van der Waals surface area (Å²) in [5.74, 6) is 2.66. The molecule has 0 radical (unpaired) electrons. The number of aromatic nitrogens is 1. The molecule has 0 aliphatic rings. The molecule has 0 saturated carbocycles. The maximum atomic E-state index is 14.0. The van der Waals surface area contributed by atoms with Gasteiger partial charge in [-0.3, -0.25) is 0 Å². The van der Waals surface area contributed by atoms with Gasteiger partial charge in [-0.25, -0.2) is 24.2 Å². The van der Waals surface area contributed by atoms with Crippen LogP contribution in [-0.4, -0.2) is 68.5 Å². The van der Waals surface area contributed by atoms with Crippen molar-refractivity contribution < 1.29 is 66.5 Å². The minimum absolute atomic E-state index is 0.324. The molecule has 662 valence electrons. The Morgan fingerprint density at radius 2 is 0.452 bits per heavy atom. The zero-order valence-electron chi connectivity index (χ0n) is 75.1. The molecule has 15 nitrogen and oxygen atoms in total. The van der Waals surface area contributed by atoms with Crippen LogP contribution in [0.1, 0.15) is 337 Å². The van der Waals surface area contributed by atoms with Crippen LogP contribution in [0.5, 0.6) is 57.5 Å². The minimum atomic E-state index is -0.524. The highest BCUT2D eigenvalue weighted by molar-refractivity contribution is 5.95. The van der Waals surface area contributed by atoms with Crippen LogP contribution in [-0.2, 0) is 0 Å². The topological polar surface area (TPSA) is 173 Å². The zero-order chi connectivity index (χ0) is 87.2. The summed E-state index contributed by atoms with van der Waals surface area (Å²) in [7, 11) is 0. The Kier molecular flexibility index (Phi) is 44.9.